The summed E-state index contributed by atoms with van der Waals surface area (Å²) in [5.74, 6) is 2.73. The fourth-order valence-electron chi connectivity index (χ4n) is 7.28. The number of aromatic nitrogens is 4. The first-order valence-electron chi connectivity index (χ1n) is 14.7. The average Bonchev–Trinajstić information content (AvgIpc) is 3.77. The molecule has 1 aromatic carbocycles. The third kappa shape index (κ3) is 5.39. The molecule has 0 bridgehead atoms. The second kappa shape index (κ2) is 11.4. The Hall–Kier alpha value is -2.52. The molecule has 1 saturated carbocycles. The van der Waals surface area contributed by atoms with E-state index in [1.165, 1.54) is 57.3 Å². The number of hydrogen-bond acceptors (Lipinski definition) is 7. The summed E-state index contributed by atoms with van der Waals surface area (Å²) in [5.41, 5.74) is 10.6. The number of nitrogens with zero attached hydrogens (tertiary/aromatic N) is 5. The first kappa shape index (κ1) is 26.4. The van der Waals surface area contributed by atoms with Crippen molar-refractivity contribution in [1.29, 1.82) is 0 Å². The molecule has 5 heterocycles. The molecule has 0 amide bonds. The van der Waals surface area contributed by atoms with Crippen LogP contribution in [-0.2, 0) is 11.2 Å². The topological polar surface area (TPSA) is 82.1 Å². The van der Waals surface area contributed by atoms with Gasteiger partial charge in [0.25, 0.3) is 0 Å². The van der Waals surface area contributed by atoms with Crippen molar-refractivity contribution in [1.82, 2.24) is 24.4 Å². The van der Waals surface area contributed by atoms with Crippen LogP contribution in [0.4, 0.5) is 5.82 Å². The van der Waals surface area contributed by atoms with Crippen molar-refractivity contribution in [3.63, 3.8) is 0 Å². The zero-order valence-corrected chi connectivity index (χ0v) is 24.4. The fourth-order valence-corrected chi connectivity index (χ4v) is 8.28. The first-order valence-corrected chi connectivity index (χ1v) is 16.0. The Labute approximate surface area is 244 Å². The molecule has 3 atom stereocenters. The Morgan fingerprint density at radius 1 is 1.00 bits per heavy atom. The molecule has 3 fully saturated rings. The SMILES string of the molecule is Nc1nc(Cl)nc2c1c(-c1nc(Cc3ccccc3)cs1)cn2C1CCC(C2CCN(CC3CCOC3)CC2)C1. The molecule has 2 saturated heterocycles. The van der Waals surface area contributed by atoms with E-state index in [9.17, 15) is 0 Å². The van der Waals surface area contributed by atoms with E-state index in [-0.39, 0.29) is 5.28 Å². The third-order valence-corrected chi connectivity index (χ3v) is 10.5. The van der Waals surface area contributed by atoms with Crippen LogP contribution < -0.4 is 5.73 Å². The Balaban J connectivity index is 1.09. The van der Waals surface area contributed by atoms with Crippen LogP contribution in [0.5, 0.6) is 0 Å². The van der Waals surface area contributed by atoms with Crippen LogP contribution >= 0.6 is 22.9 Å². The fraction of sp³-hybridized carbons (Fsp3) is 0.516. The van der Waals surface area contributed by atoms with Gasteiger partial charge in [-0.2, -0.15) is 4.98 Å². The Morgan fingerprint density at radius 3 is 2.65 bits per heavy atom. The minimum Gasteiger partial charge on any atom is -0.383 e. The number of benzene rings is 1. The van der Waals surface area contributed by atoms with E-state index < -0.39 is 0 Å². The highest BCUT2D eigenvalue weighted by molar-refractivity contribution is 7.13. The van der Waals surface area contributed by atoms with E-state index in [2.05, 4.69) is 50.3 Å². The highest BCUT2D eigenvalue weighted by Crippen LogP contribution is 2.45. The van der Waals surface area contributed by atoms with Gasteiger partial charge in [0.05, 0.1) is 17.7 Å². The summed E-state index contributed by atoms with van der Waals surface area (Å²) >= 11 is 8.00. The van der Waals surface area contributed by atoms with Crippen LogP contribution in [0.15, 0.2) is 41.9 Å². The summed E-state index contributed by atoms with van der Waals surface area (Å²) in [5, 5.41) is 4.19. The molecule has 40 heavy (non-hydrogen) atoms. The van der Waals surface area contributed by atoms with E-state index in [1.807, 2.05) is 6.07 Å². The summed E-state index contributed by atoms with van der Waals surface area (Å²) < 4.78 is 7.93. The molecule has 2 N–H and O–H groups in total. The van der Waals surface area contributed by atoms with Gasteiger partial charge in [0, 0.05) is 42.8 Å². The number of ether oxygens (including phenoxy) is 1. The smallest absolute Gasteiger partial charge is 0.226 e. The number of thiazole rings is 1. The number of hydrogen-bond donors (Lipinski definition) is 1. The normalized spacial score (nSPS) is 24.4. The van der Waals surface area contributed by atoms with Crippen LogP contribution in [0.25, 0.3) is 21.6 Å². The minimum absolute atomic E-state index is 0.203. The van der Waals surface area contributed by atoms with Crippen LogP contribution in [0, 0.1) is 17.8 Å². The zero-order valence-electron chi connectivity index (χ0n) is 22.8. The van der Waals surface area contributed by atoms with Crippen molar-refractivity contribution < 1.29 is 4.74 Å². The van der Waals surface area contributed by atoms with Gasteiger partial charge < -0.3 is 19.9 Å². The van der Waals surface area contributed by atoms with Crippen LogP contribution in [0.2, 0.25) is 5.28 Å². The quantitative estimate of drug-likeness (QED) is 0.254. The van der Waals surface area contributed by atoms with Crippen molar-refractivity contribution in [2.24, 2.45) is 17.8 Å². The van der Waals surface area contributed by atoms with Gasteiger partial charge in [-0.1, -0.05) is 30.3 Å². The van der Waals surface area contributed by atoms with Crippen LogP contribution in [0.3, 0.4) is 0 Å². The summed E-state index contributed by atoms with van der Waals surface area (Å²) in [6.45, 7) is 5.56. The molecule has 210 valence electrons. The number of fused-ring (bicyclic) bond motifs is 1. The lowest BCUT2D eigenvalue weighted by Crippen LogP contribution is -2.38. The van der Waals surface area contributed by atoms with E-state index in [4.69, 9.17) is 32.0 Å². The number of anilines is 1. The third-order valence-electron chi connectivity index (χ3n) is 9.36. The number of nitrogen functional groups attached to an aromatic ring is 1. The van der Waals surface area contributed by atoms with E-state index in [0.29, 0.717) is 11.9 Å². The molecule has 3 unspecified atom stereocenters. The summed E-state index contributed by atoms with van der Waals surface area (Å²) in [6, 6.07) is 10.9. The zero-order chi connectivity index (χ0) is 27.1. The van der Waals surface area contributed by atoms with Crippen LogP contribution in [0.1, 0.15) is 55.8 Å². The number of likely N-dealkylation sites (tertiary alicyclic amines) is 1. The maximum atomic E-state index is 6.47. The second-order valence-corrected chi connectivity index (χ2v) is 13.1. The van der Waals surface area contributed by atoms with Gasteiger partial charge >= 0.3 is 0 Å². The van der Waals surface area contributed by atoms with E-state index in [0.717, 1.165) is 71.1 Å². The summed E-state index contributed by atoms with van der Waals surface area (Å²) in [4.78, 5) is 16.7. The van der Waals surface area contributed by atoms with Crippen molar-refractivity contribution in [3.05, 3.63) is 58.4 Å². The van der Waals surface area contributed by atoms with E-state index in [1.54, 1.807) is 11.3 Å². The largest absolute Gasteiger partial charge is 0.383 e. The lowest BCUT2D eigenvalue weighted by Gasteiger charge is -2.36. The van der Waals surface area contributed by atoms with Gasteiger partial charge in [0.1, 0.15) is 16.5 Å². The number of piperidine rings is 1. The molecule has 0 radical (unpaired) electrons. The molecule has 7 nitrogen and oxygen atoms in total. The number of rotatable bonds is 7. The number of nitrogens with two attached hydrogens (primary N) is 1. The van der Waals surface area contributed by atoms with Gasteiger partial charge in [-0.05, 0) is 86.5 Å². The molecular formula is C31H37ClN6OS. The molecule has 4 aromatic rings. The molecule has 3 aliphatic rings. The maximum absolute atomic E-state index is 6.47. The monoisotopic (exact) mass is 576 g/mol. The predicted octanol–water partition coefficient (Wildman–Crippen LogP) is 6.47. The van der Waals surface area contributed by atoms with Gasteiger partial charge in [-0.25, -0.2) is 9.97 Å². The molecule has 9 heteroatoms. The number of halogens is 1. The summed E-state index contributed by atoms with van der Waals surface area (Å²) in [7, 11) is 0. The summed E-state index contributed by atoms with van der Waals surface area (Å²) in [6.07, 6.45) is 10.5. The molecule has 7 rings (SSSR count). The van der Waals surface area contributed by atoms with Crippen molar-refractivity contribution in [2.45, 2.75) is 51.0 Å². The average molecular weight is 577 g/mol. The lowest BCUT2D eigenvalue weighted by molar-refractivity contribution is 0.121. The lowest BCUT2D eigenvalue weighted by atomic mass is 9.83. The van der Waals surface area contributed by atoms with Crippen molar-refractivity contribution >= 4 is 39.8 Å². The Bertz CT molecular complexity index is 1460. The van der Waals surface area contributed by atoms with Gasteiger partial charge in [-0.3, -0.25) is 0 Å². The molecule has 2 aliphatic heterocycles. The van der Waals surface area contributed by atoms with Gasteiger partial charge in [0.15, 0.2) is 0 Å². The first-order chi connectivity index (χ1) is 19.6. The Morgan fingerprint density at radius 2 is 1.85 bits per heavy atom. The van der Waals surface area contributed by atoms with Gasteiger partial charge in [-0.15, -0.1) is 11.3 Å². The highest BCUT2D eigenvalue weighted by atomic mass is 35.5. The molecular weight excluding hydrogens is 540 g/mol. The standard InChI is InChI=1S/C31H37ClN6OS/c32-31-35-28(33)27-26(30-34-24(19-40-30)14-20-4-2-1-3-5-20)17-38(29(27)36-31)25-7-6-23(15-25)22-8-11-37(12-9-22)16-21-10-13-39-18-21/h1-5,17,19,21-23,25H,6-16,18H2,(H2,33,35,36). The van der Waals surface area contributed by atoms with Crippen molar-refractivity contribution in [2.75, 3.05) is 38.6 Å². The van der Waals surface area contributed by atoms with E-state index >= 15 is 0 Å². The second-order valence-electron chi connectivity index (χ2n) is 11.9. The molecule has 0 spiro atoms. The predicted molar refractivity (Wildman–Crippen MR) is 162 cm³/mol. The Kier molecular flexibility index (Phi) is 7.52. The van der Waals surface area contributed by atoms with Crippen LogP contribution in [-0.4, -0.2) is 57.3 Å². The van der Waals surface area contributed by atoms with Crippen molar-refractivity contribution in [3.8, 4) is 10.6 Å². The minimum atomic E-state index is 0.203. The highest BCUT2D eigenvalue weighted by Gasteiger charge is 2.35. The molecule has 3 aromatic heterocycles. The van der Waals surface area contributed by atoms with Gasteiger partial charge in [0.2, 0.25) is 5.28 Å². The maximum Gasteiger partial charge on any atom is 0.226 e. The molecule has 1 aliphatic carbocycles.